The largest absolute Gasteiger partial charge is 0.353 e. The zero-order valence-corrected chi connectivity index (χ0v) is 13.8. The van der Waals surface area contributed by atoms with Gasteiger partial charge >= 0.3 is 0 Å². The van der Waals surface area contributed by atoms with Crippen LogP contribution in [0.15, 0.2) is 42.6 Å². The number of benzene rings is 1. The Bertz CT molecular complexity index is 813. The van der Waals surface area contributed by atoms with Gasteiger partial charge in [-0.05, 0) is 42.7 Å². The number of hydrogen-bond acceptors (Lipinski definition) is 2. The molecule has 6 heteroatoms. The average molecular weight is 341 g/mol. The zero-order chi connectivity index (χ0) is 17.4. The molecule has 2 amide bonds. The van der Waals surface area contributed by atoms with E-state index in [2.05, 4.69) is 9.88 Å². The minimum Gasteiger partial charge on any atom is -0.353 e. The van der Waals surface area contributed by atoms with Gasteiger partial charge in [0.25, 0.3) is 0 Å². The van der Waals surface area contributed by atoms with Crippen molar-refractivity contribution in [3.63, 3.8) is 0 Å². The third-order valence-electron chi connectivity index (χ3n) is 4.78. The number of fused-ring (bicyclic) bond motifs is 1. The van der Waals surface area contributed by atoms with Gasteiger partial charge in [0.15, 0.2) is 0 Å². The van der Waals surface area contributed by atoms with Crippen LogP contribution < -0.4 is 5.32 Å². The van der Waals surface area contributed by atoms with E-state index >= 15 is 0 Å². The molecule has 25 heavy (non-hydrogen) atoms. The monoisotopic (exact) mass is 341 g/mol. The van der Waals surface area contributed by atoms with Gasteiger partial charge in [0.1, 0.15) is 12.2 Å². The Kier molecular flexibility index (Phi) is 4.03. The molecule has 0 spiro atoms. The van der Waals surface area contributed by atoms with Gasteiger partial charge in [-0.2, -0.15) is 0 Å². The van der Waals surface area contributed by atoms with Gasteiger partial charge in [-0.1, -0.05) is 12.1 Å². The van der Waals surface area contributed by atoms with Crippen LogP contribution in [0.5, 0.6) is 0 Å². The first-order valence-electron chi connectivity index (χ1n) is 8.61. The number of aromatic nitrogens is 1. The predicted molar refractivity (Wildman–Crippen MR) is 90.2 cm³/mol. The Labute approximate surface area is 145 Å². The molecule has 0 radical (unpaired) electrons. The summed E-state index contributed by atoms with van der Waals surface area (Å²) in [6.07, 6.45) is 3.78. The SMILES string of the molecule is O=C(CC(=O)N1CCn2cccc2[C@@H]1c1cccc(F)c1)NC1CC1. The number of rotatable bonds is 4. The van der Waals surface area contributed by atoms with E-state index in [0.717, 1.165) is 24.1 Å². The van der Waals surface area contributed by atoms with E-state index in [1.165, 1.54) is 12.1 Å². The summed E-state index contributed by atoms with van der Waals surface area (Å²) in [5, 5.41) is 2.85. The fourth-order valence-electron chi connectivity index (χ4n) is 3.42. The second-order valence-corrected chi connectivity index (χ2v) is 6.69. The maximum absolute atomic E-state index is 13.7. The van der Waals surface area contributed by atoms with Gasteiger partial charge in [-0.25, -0.2) is 4.39 Å². The quantitative estimate of drug-likeness (QED) is 0.867. The Hall–Kier alpha value is -2.63. The third kappa shape index (κ3) is 3.29. The molecule has 1 saturated carbocycles. The van der Waals surface area contributed by atoms with Gasteiger partial charge in [-0.3, -0.25) is 9.59 Å². The van der Waals surface area contributed by atoms with Gasteiger partial charge in [0.05, 0.1) is 6.04 Å². The van der Waals surface area contributed by atoms with Crippen LogP contribution in [0.1, 0.15) is 36.6 Å². The standard InChI is InChI=1S/C19H20FN3O2/c20-14-4-1-3-13(11-14)19-16-5-2-8-22(16)9-10-23(19)18(25)12-17(24)21-15-6-7-15/h1-5,8,11,15,19H,6-7,9-10,12H2,(H,21,24)/t19-/m0/s1. The maximum atomic E-state index is 13.7. The Balaban J connectivity index is 1.61. The molecule has 1 aliphatic carbocycles. The van der Waals surface area contributed by atoms with Gasteiger partial charge in [0.2, 0.25) is 11.8 Å². The van der Waals surface area contributed by atoms with Crippen molar-refractivity contribution >= 4 is 11.8 Å². The summed E-state index contributed by atoms with van der Waals surface area (Å²) in [6, 6.07) is 10.0. The average Bonchev–Trinajstić information content (AvgIpc) is 3.26. The Morgan fingerprint density at radius 2 is 2.00 bits per heavy atom. The first kappa shape index (κ1) is 15.9. The molecule has 1 aliphatic heterocycles. The minimum absolute atomic E-state index is 0.164. The summed E-state index contributed by atoms with van der Waals surface area (Å²) in [5.74, 6) is -0.786. The lowest BCUT2D eigenvalue weighted by molar-refractivity contribution is -0.138. The van der Waals surface area contributed by atoms with Crippen molar-refractivity contribution in [2.75, 3.05) is 6.54 Å². The van der Waals surface area contributed by atoms with E-state index in [4.69, 9.17) is 0 Å². The molecule has 2 heterocycles. The van der Waals surface area contributed by atoms with Crippen molar-refractivity contribution in [1.29, 1.82) is 0 Å². The normalized spacial score (nSPS) is 19.4. The van der Waals surface area contributed by atoms with Gasteiger partial charge in [0, 0.05) is 31.0 Å². The predicted octanol–water partition coefficient (Wildman–Crippen LogP) is 2.23. The summed E-state index contributed by atoms with van der Waals surface area (Å²) in [6.45, 7) is 1.17. The molecule has 5 nitrogen and oxygen atoms in total. The molecule has 130 valence electrons. The molecule has 1 fully saturated rings. The highest BCUT2D eigenvalue weighted by atomic mass is 19.1. The van der Waals surface area contributed by atoms with E-state index in [1.54, 1.807) is 11.0 Å². The van der Waals surface area contributed by atoms with Gasteiger partial charge in [-0.15, -0.1) is 0 Å². The van der Waals surface area contributed by atoms with Crippen molar-refractivity contribution in [2.24, 2.45) is 0 Å². The van der Waals surface area contributed by atoms with Crippen molar-refractivity contribution in [2.45, 2.75) is 37.9 Å². The van der Waals surface area contributed by atoms with E-state index in [0.29, 0.717) is 13.1 Å². The number of nitrogens with zero attached hydrogens (tertiary/aromatic N) is 2. The highest BCUT2D eigenvalue weighted by Crippen LogP contribution is 2.33. The van der Waals surface area contributed by atoms with Crippen LogP contribution >= 0.6 is 0 Å². The highest BCUT2D eigenvalue weighted by Gasteiger charge is 2.33. The molecule has 1 aromatic heterocycles. The minimum atomic E-state index is -0.374. The third-order valence-corrected chi connectivity index (χ3v) is 4.78. The van der Waals surface area contributed by atoms with Crippen molar-refractivity contribution in [3.05, 3.63) is 59.7 Å². The van der Waals surface area contributed by atoms with Crippen LogP contribution in [-0.2, 0) is 16.1 Å². The number of carbonyl (C=O) groups is 2. The van der Waals surface area contributed by atoms with Crippen LogP contribution in [-0.4, -0.2) is 33.9 Å². The molecular weight excluding hydrogens is 321 g/mol. The summed E-state index contributed by atoms with van der Waals surface area (Å²) >= 11 is 0. The molecule has 0 unspecified atom stereocenters. The topological polar surface area (TPSA) is 54.3 Å². The van der Waals surface area contributed by atoms with Crippen LogP contribution in [0.3, 0.4) is 0 Å². The second kappa shape index (κ2) is 6.35. The zero-order valence-electron chi connectivity index (χ0n) is 13.8. The first-order chi connectivity index (χ1) is 12.1. The first-order valence-corrected chi connectivity index (χ1v) is 8.61. The van der Waals surface area contributed by atoms with E-state index < -0.39 is 0 Å². The highest BCUT2D eigenvalue weighted by molar-refractivity contribution is 5.97. The number of nitrogens with one attached hydrogen (secondary N) is 1. The molecule has 1 aromatic carbocycles. The van der Waals surface area contributed by atoms with E-state index in [-0.39, 0.29) is 36.1 Å². The number of carbonyl (C=O) groups excluding carboxylic acids is 2. The molecule has 1 atom stereocenters. The van der Waals surface area contributed by atoms with Crippen molar-refractivity contribution < 1.29 is 14.0 Å². The Morgan fingerprint density at radius 3 is 2.76 bits per heavy atom. The van der Waals surface area contributed by atoms with Crippen LogP contribution in [0.2, 0.25) is 0 Å². The van der Waals surface area contributed by atoms with Gasteiger partial charge < -0.3 is 14.8 Å². The fourth-order valence-corrected chi connectivity index (χ4v) is 3.42. The van der Waals surface area contributed by atoms with Crippen molar-refractivity contribution in [1.82, 2.24) is 14.8 Å². The molecule has 1 N–H and O–H groups in total. The number of halogens is 1. The number of hydrogen-bond donors (Lipinski definition) is 1. The Morgan fingerprint density at radius 1 is 1.16 bits per heavy atom. The van der Waals surface area contributed by atoms with Crippen LogP contribution in [0, 0.1) is 5.82 Å². The summed E-state index contributed by atoms with van der Waals surface area (Å²) in [7, 11) is 0. The lowest BCUT2D eigenvalue weighted by atomic mass is 9.99. The van der Waals surface area contributed by atoms with Crippen LogP contribution in [0.25, 0.3) is 0 Å². The number of amides is 2. The smallest absolute Gasteiger partial charge is 0.232 e. The van der Waals surface area contributed by atoms with Crippen molar-refractivity contribution in [3.8, 4) is 0 Å². The lowest BCUT2D eigenvalue weighted by Crippen LogP contribution is -2.44. The van der Waals surface area contributed by atoms with E-state index in [9.17, 15) is 14.0 Å². The summed E-state index contributed by atoms with van der Waals surface area (Å²) in [5.41, 5.74) is 1.66. The summed E-state index contributed by atoms with van der Waals surface area (Å²) < 4.78 is 15.8. The molecule has 2 aromatic rings. The maximum Gasteiger partial charge on any atom is 0.232 e. The molecule has 0 bridgehead atoms. The molecule has 2 aliphatic rings. The summed E-state index contributed by atoms with van der Waals surface area (Å²) in [4.78, 5) is 26.5. The van der Waals surface area contributed by atoms with Crippen LogP contribution in [0.4, 0.5) is 4.39 Å². The fraction of sp³-hybridized carbons (Fsp3) is 0.368. The molecule has 0 saturated heterocycles. The molecular formula is C19H20FN3O2. The van der Waals surface area contributed by atoms with E-state index in [1.807, 2.05) is 24.4 Å². The lowest BCUT2D eigenvalue weighted by Gasteiger charge is -2.37. The molecule has 4 rings (SSSR count). The second-order valence-electron chi connectivity index (χ2n) is 6.69.